The van der Waals surface area contributed by atoms with Crippen LogP contribution < -0.4 is 9.47 Å². The Hall–Kier alpha value is -1.96. The molecular weight excluding hydrogens is 452 g/mol. The molecule has 0 radical (unpaired) electrons. The molecule has 1 amide bonds. The van der Waals surface area contributed by atoms with Crippen LogP contribution in [-0.2, 0) is 4.79 Å². The molecule has 2 aromatic rings. The Balaban J connectivity index is 1.95. The fourth-order valence-electron chi connectivity index (χ4n) is 2.41. The van der Waals surface area contributed by atoms with Gasteiger partial charge in [-0.15, -0.1) is 0 Å². The number of carbonyl (C=O) groups excluding carboxylic acids is 1. The predicted octanol–water partition coefficient (Wildman–Crippen LogP) is 5.35. The molecule has 0 unspecified atom stereocenters. The van der Waals surface area contributed by atoms with E-state index in [0.717, 1.165) is 10.0 Å². The summed E-state index contributed by atoms with van der Waals surface area (Å²) in [4.78, 5) is 19.2. The average Bonchev–Trinajstić information content (AvgIpc) is 2.92. The number of nitrogens with zero attached hydrogens (tertiary/aromatic N) is 2. The summed E-state index contributed by atoms with van der Waals surface area (Å²) in [6, 6.07) is 10.8. The number of rotatable bonds is 4. The van der Waals surface area contributed by atoms with Gasteiger partial charge in [-0.2, -0.15) is 0 Å². The Morgan fingerprint density at radius 1 is 1.19 bits per heavy atom. The quantitative estimate of drug-likeness (QED) is 0.569. The summed E-state index contributed by atoms with van der Waals surface area (Å²) in [7, 11) is 4.87. The Morgan fingerprint density at radius 3 is 2.63 bits per heavy atom. The smallest absolute Gasteiger partial charge is 0.266 e. The highest BCUT2D eigenvalue weighted by molar-refractivity contribution is 9.10. The van der Waals surface area contributed by atoms with Crippen molar-refractivity contribution in [3.63, 3.8) is 0 Å². The SMILES string of the molecule is COc1ccc(OC)c(/C=C2/SC(=Nc3ccc(Br)c(Cl)c3)N(C)C2=O)c1. The molecular formula is C19H16BrClN2O3S. The van der Waals surface area contributed by atoms with Crippen LogP contribution in [0.4, 0.5) is 5.69 Å². The third-order valence-corrected chi connectivity index (χ3v) is 6.15. The number of thioether (sulfide) groups is 1. The zero-order valence-electron chi connectivity index (χ0n) is 14.8. The van der Waals surface area contributed by atoms with Crippen molar-refractivity contribution in [1.82, 2.24) is 4.90 Å². The number of likely N-dealkylation sites (N-methyl/N-ethyl adjacent to an activating group) is 1. The van der Waals surface area contributed by atoms with Gasteiger partial charge in [0.05, 0.1) is 29.8 Å². The lowest BCUT2D eigenvalue weighted by molar-refractivity contribution is -0.121. The van der Waals surface area contributed by atoms with Gasteiger partial charge in [-0.1, -0.05) is 11.6 Å². The fourth-order valence-corrected chi connectivity index (χ4v) is 3.81. The first kappa shape index (κ1) is 19.8. The number of hydrogen-bond donors (Lipinski definition) is 0. The summed E-state index contributed by atoms with van der Waals surface area (Å²) >= 11 is 10.8. The molecule has 8 heteroatoms. The summed E-state index contributed by atoms with van der Waals surface area (Å²) in [6.07, 6.45) is 1.78. The van der Waals surface area contributed by atoms with Crippen LogP contribution >= 0.6 is 39.3 Å². The number of carbonyl (C=O) groups is 1. The lowest BCUT2D eigenvalue weighted by Gasteiger charge is -2.08. The van der Waals surface area contributed by atoms with E-state index in [0.29, 0.717) is 32.3 Å². The van der Waals surface area contributed by atoms with E-state index in [1.54, 1.807) is 45.5 Å². The predicted molar refractivity (Wildman–Crippen MR) is 114 cm³/mol. The number of amides is 1. The molecule has 1 heterocycles. The Bertz CT molecular complexity index is 962. The van der Waals surface area contributed by atoms with Gasteiger partial charge in [-0.3, -0.25) is 9.69 Å². The van der Waals surface area contributed by atoms with Gasteiger partial charge >= 0.3 is 0 Å². The average molecular weight is 468 g/mol. The van der Waals surface area contributed by atoms with Gasteiger partial charge in [0, 0.05) is 17.1 Å². The largest absolute Gasteiger partial charge is 0.497 e. The van der Waals surface area contributed by atoms with Crippen LogP contribution in [0.25, 0.3) is 6.08 Å². The molecule has 2 aromatic carbocycles. The first-order valence-corrected chi connectivity index (χ1v) is 9.85. The second-order valence-corrected chi connectivity index (χ2v) is 7.85. The van der Waals surface area contributed by atoms with Crippen LogP contribution in [0.2, 0.25) is 5.02 Å². The van der Waals surface area contributed by atoms with Crippen molar-refractivity contribution in [2.75, 3.05) is 21.3 Å². The van der Waals surface area contributed by atoms with Crippen molar-refractivity contribution in [2.24, 2.45) is 4.99 Å². The van der Waals surface area contributed by atoms with Gasteiger partial charge in [0.25, 0.3) is 5.91 Å². The summed E-state index contributed by atoms with van der Waals surface area (Å²) in [5.74, 6) is 1.21. The summed E-state index contributed by atoms with van der Waals surface area (Å²) < 4.78 is 11.4. The van der Waals surface area contributed by atoms with Gasteiger partial charge in [-0.05, 0) is 70.2 Å². The van der Waals surface area contributed by atoms with Crippen molar-refractivity contribution < 1.29 is 14.3 Å². The highest BCUT2D eigenvalue weighted by atomic mass is 79.9. The Labute approximate surface area is 175 Å². The minimum absolute atomic E-state index is 0.133. The normalized spacial score (nSPS) is 17.1. The standard InChI is InChI=1S/C19H16BrClN2O3S/c1-23-18(24)17(9-11-8-13(25-2)5-7-16(11)26-3)27-19(23)22-12-4-6-14(20)15(21)10-12/h4-10H,1-3H3/b17-9+,22-19?. The second kappa shape index (κ2) is 8.37. The van der Waals surface area contributed by atoms with Crippen molar-refractivity contribution in [1.29, 1.82) is 0 Å². The highest BCUT2D eigenvalue weighted by Crippen LogP contribution is 2.36. The van der Waals surface area contributed by atoms with Crippen LogP contribution in [0.15, 0.2) is 50.8 Å². The van der Waals surface area contributed by atoms with Gasteiger partial charge in [0.15, 0.2) is 5.17 Å². The first-order chi connectivity index (χ1) is 12.9. The molecule has 1 saturated heterocycles. The molecule has 5 nitrogen and oxygen atoms in total. The van der Waals surface area contributed by atoms with E-state index in [1.165, 1.54) is 16.7 Å². The number of methoxy groups -OCH3 is 2. The monoisotopic (exact) mass is 466 g/mol. The summed E-state index contributed by atoms with van der Waals surface area (Å²) in [5.41, 5.74) is 1.43. The Morgan fingerprint density at radius 2 is 1.96 bits per heavy atom. The third-order valence-electron chi connectivity index (χ3n) is 3.85. The molecule has 0 spiro atoms. The zero-order chi connectivity index (χ0) is 19.6. The van der Waals surface area contributed by atoms with Crippen LogP contribution in [0.5, 0.6) is 11.5 Å². The number of ether oxygens (including phenoxy) is 2. The Kier molecular flexibility index (Phi) is 6.14. The maximum absolute atomic E-state index is 12.6. The first-order valence-electron chi connectivity index (χ1n) is 7.86. The number of hydrogen-bond acceptors (Lipinski definition) is 5. The number of halogens is 2. The molecule has 0 saturated carbocycles. The zero-order valence-corrected chi connectivity index (χ0v) is 18.0. The molecule has 0 bridgehead atoms. The van der Waals surface area contributed by atoms with Gasteiger partial charge < -0.3 is 9.47 Å². The molecule has 1 aliphatic heterocycles. The number of benzene rings is 2. The van der Waals surface area contributed by atoms with Crippen LogP contribution in [0.1, 0.15) is 5.56 Å². The third kappa shape index (κ3) is 4.31. The van der Waals surface area contributed by atoms with E-state index < -0.39 is 0 Å². The van der Waals surface area contributed by atoms with Gasteiger partial charge in [0.1, 0.15) is 11.5 Å². The molecule has 1 fully saturated rings. The maximum atomic E-state index is 12.6. The van der Waals surface area contributed by atoms with E-state index in [1.807, 2.05) is 18.2 Å². The van der Waals surface area contributed by atoms with Gasteiger partial charge in [0.2, 0.25) is 0 Å². The molecule has 0 aliphatic carbocycles. The number of amidine groups is 1. The molecule has 0 atom stereocenters. The molecule has 0 N–H and O–H groups in total. The van der Waals surface area contributed by atoms with Crippen LogP contribution in [0, 0.1) is 0 Å². The maximum Gasteiger partial charge on any atom is 0.266 e. The minimum atomic E-state index is -0.133. The van der Waals surface area contributed by atoms with E-state index >= 15 is 0 Å². The van der Waals surface area contributed by atoms with Crippen LogP contribution in [-0.4, -0.2) is 37.2 Å². The van der Waals surface area contributed by atoms with Gasteiger partial charge in [-0.25, -0.2) is 4.99 Å². The van der Waals surface area contributed by atoms with Crippen molar-refractivity contribution in [2.45, 2.75) is 0 Å². The number of aliphatic imine (C=N–C) groups is 1. The van der Waals surface area contributed by atoms with E-state index in [9.17, 15) is 4.79 Å². The lowest BCUT2D eigenvalue weighted by Crippen LogP contribution is -2.23. The molecule has 140 valence electrons. The van der Waals surface area contributed by atoms with E-state index in [4.69, 9.17) is 21.1 Å². The second-order valence-electron chi connectivity index (χ2n) is 5.58. The topological polar surface area (TPSA) is 51.1 Å². The van der Waals surface area contributed by atoms with E-state index in [-0.39, 0.29) is 5.91 Å². The van der Waals surface area contributed by atoms with E-state index in [2.05, 4.69) is 20.9 Å². The molecule has 3 rings (SSSR count). The van der Waals surface area contributed by atoms with Crippen molar-refractivity contribution >= 4 is 62.1 Å². The minimum Gasteiger partial charge on any atom is -0.497 e. The van der Waals surface area contributed by atoms with Crippen molar-refractivity contribution in [3.05, 3.63) is 56.4 Å². The summed E-state index contributed by atoms with van der Waals surface area (Å²) in [5, 5.41) is 1.14. The molecule has 27 heavy (non-hydrogen) atoms. The lowest BCUT2D eigenvalue weighted by atomic mass is 10.1. The fraction of sp³-hybridized carbons (Fsp3) is 0.158. The van der Waals surface area contributed by atoms with Crippen LogP contribution in [0.3, 0.4) is 0 Å². The highest BCUT2D eigenvalue weighted by Gasteiger charge is 2.30. The van der Waals surface area contributed by atoms with Crippen molar-refractivity contribution in [3.8, 4) is 11.5 Å². The molecule has 1 aliphatic rings. The summed E-state index contributed by atoms with van der Waals surface area (Å²) in [6.45, 7) is 0. The molecule has 0 aromatic heterocycles.